The molecule has 0 heterocycles. The van der Waals surface area contributed by atoms with Crippen LogP contribution in [0.15, 0.2) is 45.3 Å². The maximum Gasteiger partial charge on any atom is 0.165 e. The number of hydrogen-bond donors (Lipinski definition) is 0. The van der Waals surface area contributed by atoms with E-state index in [2.05, 4.69) is 31.9 Å². The summed E-state index contributed by atoms with van der Waals surface area (Å²) in [6.07, 6.45) is 0. The van der Waals surface area contributed by atoms with Gasteiger partial charge in [0.25, 0.3) is 0 Å². The highest BCUT2D eigenvalue weighted by atomic mass is 79.9. The Kier molecular flexibility index (Phi) is 4.00. The lowest BCUT2D eigenvalue weighted by atomic mass is 10.2. The fraction of sp³-hybridized carbons (Fsp3) is 0. The van der Waals surface area contributed by atoms with Crippen molar-refractivity contribution < 1.29 is 9.13 Å². The number of nitrogens with zero attached hydrogens (tertiary/aromatic N) is 1. The van der Waals surface area contributed by atoms with Crippen molar-refractivity contribution in [1.29, 1.82) is 5.26 Å². The topological polar surface area (TPSA) is 33.0 Å². The summed E-state index contributed by atoms with van der Waals surface area (Å²) in [4.78, 5) is 0. The van der Waals surface area contributed by atoms with Gasteiger partial charge in [-0.3, -0.25) is 0 Å². The van der Waals surface area contributed by atoms with Crippen molar-refractivity contribution in [1.82, 2.24) is 0 Å². The van der Waals surface area contributed by atoms with E-state index in [1.165, 1.54) is 6.07 Å². The summed E-state index contributed by atoms with van der Waals surface area (Å²) in [5.41, 5.74) is 0.504. The van der Waals surface area contributed by atoms with Gasteiger partial charge in [0, 0.05) is 4.47 Å². The van der Waals surface area contributed by atoms with Crippen LogP contribution in [0.5, 0.6) is 11.5 Å². The predicted octanol–water partition coefficient (Wildman–Crippen LogP) is 5.01. The van der Waals surface area contributed by atoms with Crippen LogP contribution >= 0.6 is 31.9 Å². The molecule has 0 bridgehead atoms. The van der Waals surface area contributed by atoms with Crippen molar-refractivity contribution in [3.8, 4) is 17.6 Å². The van der Waals surface area contributed by atoms with Gasteiger partial charge in [-0.25, -0.2) is 4.39 Å². The van der Waals surface area contributed by atoms with E-state index >= 15 is 0 Å². The van der Waals surface area contributed by atoms with Crippen molar-refractivity contribution in [2.24, 2.45) is 0 Å². The number of hydrogen-bond acceptors (Lipinski definition) is 2. The highest BCUT2D eigenvalue weighted by Gasteiger charge is 2.08. The van der Waals surface area contributed by atoms with E-state index < -0.39 is 5.82 Å². The Labute approximate surface area is 120 Å². The Hall–Kier alpha value is -1.38. The van der Waals surface area contributed by atoms with Crippen LogP contribution in [0.2, 0.25) is 0 Å². The van der Waals surface area contributed by atoms with Gasteiger partial charge < -0.3 is 4.74 Å². The highest BCUT2D eigenvalue weighted by Crippen LogP contribution is 2.32. The fourth-order valence-corrected chi connectivity index (χ4v) is 2.13. The monoisotopic (exact) mass is 369 g/mol. The molecule has 90 valence electrons. The molecule has 0 unspecified atom stereocenters. The van der Waals surface area contributed by atoms with Crippen molar-refractivity contribution in [3.05, 3.63) is 56.7 Å². The second-order valence-electron chi connectivity index (χ2n) is 3.43. The van der Waals surface area contributed by atoms with E-state index in [-0.39, 0.29) is 5.75 Å². The maximum absolute atomic E-state index is 13.5. The van der Waals surface area contributed by atoms with Gasteiger partial charge in [0.2, 0.25) is 0 Å². The molecule has 0 aliphatic rings. The van der Waals surface area contributed by atoms with Crippen LogP contribution in [0.4, 0.5) is 4.39 Å². The minimum absolute atomic E-state index is 0.120. The highest BCUT2D eigenvalue weighted by molar-refractivity contribution is 9.10. The van der Waals surface area contributed by atoms with Crippen LogP contribution in [0.25, 0.3) is 0 Å². The molecule has 5 heteroatoms. The Bertz CT molecular complexity index is 637. The average Bonchev–Trinajstić information content (AvgIpc) is 2.36. The summed E-state index contributed by atoms with van der Waals surface area (Å²) in [5, 5.41) is 8.75. The molecule has 0 radical (unpaired) electrons. The number of ether oxygens (including phenoxy) is 1. The van der Waals surface area contributed by atoms with Crippen LogP contribution < -0.4 is 4.74 Å². The van der Waals surface area contributed by atoms with E-state index in [4.69, 9.17) is 10.00 Å². The van der Waals surface area contributed by atoms with Crippen LogP contribution in [0, 0.1) is 17.1 Å². The zero-order valence-corrected chi connectivity index (χ0v) is 12.1. The first kappa shape index (κ1) is 13.1. The van der Waals surface area contributed by atoms with Crippen LogP contribution in [0.3, 0.4) is 0 Å². The summed E-state index contributed by atoms with van der Waals surface area (Å²) in [5.74, 6) is 0.121. The second-order valence-corrected chi connectivity index (χ2v) is 5.20. The van der Waals surface area contributed by atoms with E-state index in [9.17, 15) is 4.39 Å². The number of nitriles is 1. The van der Waals surface area contributed by atoms with Gasteiger partial charge in [-0.05, 0) is 52.3 Å². The predicted molar refractivity (Wildman–Crippen MR) is 73.0 cm³/mol. The largest absolute Gasteiger partial charge is 0.453 e. The van der Waals surface area contributed by atoms with E-state index in [1.54, 1.807) is 30.3 Å². The Balaban J connectivity index is 2.34. The standard InChI is InChI=1S/C13H6Br2FNO/c14-9-2-3-11(16)13(6-9)18-12-4-1-8(7-17)5-10(12)15/h1-6H. The minimum Gasteiger partial charge on any atom is -0.453 e. The lowest BCUT2D eigenvalue weighted by molar-refractivity contribution is 0.439. The maximum atomic E-state index is 13.5. The fourth-order valence-electron chi connectivity index (χ4n) is 1.33. The first-order chi connectivity index (χ1) is 8.60. The van der Waals surface area contributed by atoms with Gasteiger partial charge in [0.05, 0.1) is 16.1 Å². The molecule has 2 aromatic carbocycles. The Morgan fingerprint density at radius 3 is 2.50 bits per heavy atom. The number of halogens is 3. The zero-order valence-electron chi connectivity index (χ0n) is 8.95. The Morgan fingerprint density at radius 1 is 1.06 bits per heavy atom. The van der Waals surface area contributed by atoms with Crippen molar-refractivity contribution >= 4 is 31.9 Å². The third-order valence-electron chi connectivity index (χ3n) is 2.17. The first-order valence-corrected chi connectivity index (χ1v) is 6.51. The number of benzene rings is 2. The molecule has 0 fully saturated rings. The van der Waals surface area contributed by atoms with E-state index in [1.807, 2.05) is 6.07 Å². The second kappa shape index (κ2) is 5.51. The molecule has 2 aromatic rings. The van der Waals surface area contributed by atoms with Crippen LogP contribution in [-0.4, -0.2) is 0 Å². The minimum atomic E-state index is -0.450. The first-order valence-electron chi connectivity index (χ1n) is 4.92. The molecular formula is C13H6Br2FNO. The molecule has 0 N–H and O–H groups in total. The Morgan fingerprint density at radius 2 is 1.83 bits per heavy atom. The van der Waals surface area contributed by atoms with Crippen molar-refractivity contribution in [2.45, 2.75) is 0 Å². The zero-order chi connectivity index (χ0) is 13.1. The van der Waals surface area contributed by atoms with Gasteiger partial charge in [-0.1, -0.05) is 15.9 Å². The molecule has 2 rings (SSSR count). The van der Waals surface area contributed by atoms with Gasteiger partial charge in [-0.15, -0.1) is 0 Å². The SMILES string of the molecule is N#Cc1ccc(Oc2cc(Br)ccc2F)c(Br)c1. The quantitative estimate of drug-likeness (QED) is 0.743. The molecule has 0 aromatic heterocycles. The summed E-state index contributed by atoms with van der Waals surface area (Å²) in [6.45, 7) is 0. The van der Waals surface area contributed by atoms with E-state index in [0.29, 0.717) is 15.8 Å². The van der Waals surface area contributed by atoms with Crippen LogP contribution in [-0.2, 0) is 0 Å². The van der Waals surface area contributed by atoms with E-state index in [0.717, 1.165) is 4.47 Å². The van der Waals surface area contributed by atoms with Crippen LogP contribution in [0.1, 0.15) is 5.56 Å². The van der Waals surface area contributed by atoms with Gasteiger partial charge in [-0.2, -0.15) is 5.26 Å². The number of rotatable bonds is 2. The molecule has 2 nitrogen and oxygen atoms in total. The lowest BCUT2D eigenvalue weighted by Gasteiger charge is -2.09. The molecule has 18 heavy (non-hydrogen) atoms. The molecule has 0 aliphatic heterocycles. The summed E-state index contributed by atoms with van der Waals surface area (Å²) >= 11 is 6.53. The smallest absolute Gasteiger partial charge is 0.165 e. The normalized spacial score (nSPS) is 9.89. The summed E-state index contributed by atoms with van der Waals surface area (Å²) in [7, 11) is 0. The molecule has 0 spiro atoms. The van der Waals surface area contributed by atoms with Crippen molar-refractivity contribution in [3.63, 3.8) is 0 Å². The summed E-state index contributed by atoms with van der Waals surface area (Å²) < 4.78 is 20.3. The third kappa shape index (κ3) is 2.89. The summed E-state index contributed by atoms with van der Waals surface area (Å²) in [6, 6.07) is 11.3. The van der Waals surface area contributed by atoms with Crippen molar-refractivity contribution in [2.75, 3.05) is 0 Å². The average molecular weight is 371 g/mol. The molecular weight excluding hydrogens is 365 g/mol. The molecule has 0 saturated heterocycles. The van der Waals surface area contributed by atoms with Gasteiger partial charge in [0.15, 0.2) is 11.6 Å². The van der Waals surface area contributed by atoms with Gasteiger partial charge in [0.1, 0.15) is 5.75 Å². The molecule has 0 atom stereocenters. The third-order valence-corrected chi connectivity index (χ3v) is 3.29. The molecule has 0 aliphatic carbocycles. The lowest BCUT2D eigenvalue weighted by Crippen LogP contribution is -1.90. The molecule has 0 saturated carbocycles. The van der Waals surface area contributed by atoms with Gasteiger partial charge >= 0.3 is 0 Å². The molecule has 0 amide bonds.